The summed E-state index contributed by atoms with van der Waals surface area (Å²) in [4.78, 5) is 34.7. The van der Waals surface area contributed by atoms with Crippen LogP contribution in [-0.4, -0.2) is 38.1 Å². The molecule has 2 aromatic carbocycles. The molecule has 0 fully saturated rings. The molecule has 2 aromatic rings. The Balaban J connectivity index is 2.17. The third kappa shape index (κ3) is 4.24. The number of hydrazine groups is 1. The maximum Gasteiger partial charge on any atom is 0.273 e. The lowest BCUT2D eigenvalue weighted by molar-refractivity contribution is -0.384. The van der Waals surface area contributed by atoms with Gasteiger partial charge >= 0.3 is 0 Å². The molecular formula is C17H17N3O7. The number of nitro benzene ring substituents is 1. The molecule has 0 aliphatic heterocycles. The molecule has 0 aliphatic carbocycles. The van der Waals surface area contributed by atoms with E-state index >= 15 is 0 Å². The summed E-state index contributed by atoms with van der Waals surface area (Å²) >= 11 is 0. The quantitative estimate of drug-likeness (QED) is 0.580. The van der Waals surface area contributed by atoms with E-state index in [1.54, 1.807) is 0 Å². The Morgan fingerprint density at radius 1 is 0.926 bits per heavy atom. The van der Waals surface area contributed by atoms with Gasteiger partial charge in [0.1, 0.15) is 0 Å². The lowest BCUT2D eigenvalue weighted by Gasteiger charge is -2.15. The van der Waals surface area contributed by atoms with Gasteiger partial charge in [-0.1, -0.05) is 6.07 Å². The van der Waals surface area contributed by atoms with Crippen molar-refractivity contribution >= 4 is 17.5 Å². The zero-order valence-corrected chi connectivity index (χ0v) is 14.8. The van der Waals surface area contributed by atoms with Crippen molar-refractivity contribution in [3.05, 3.63) is 57.6 Å². The van der Waals surface area contributed by atoms with Crippen molar-refractivity contribution in [2.75, 3.05) is 21.3 Å². The van der Waals surface area contributed by atoms with E-state index in [9.17, 15) is 19.7 Å². The average molecular weight is 375 g/mol. The first-order valence-electron chi connectivity index (χ1n) is 7.57. The minimum atomic E-state index is -0.716. The molecule has 0 aliphatic rings. The Morgan fingerprint density at radius 2 is 1.59 bits per heavy atom. The van der Waals surface area contributed by atoms with E-state index in [4.69, 9.17) is 14.2 Å². The van der Waals surface area contributed by atoms with E-state index in [1.165, 1.54) is 51.7 Å². The largest absolute Gasteiger partial charge is 0.493 e. The number of hydrogen-bond acceptors (Lipinski definition) is 7. The van der Waals surface area contributed by atoms with Crippen molar-refractivity contribution in [2.45, 2.75) is 0 Å². The number of carbonyl (C=O) groups is 2. The number of hydrogen-bond donors (Lipinski definition) is 2. The number of nitrogens with zero attached hydrogens (tertiary/aromatic N) is 1. The second kappa shape index (κ2) is 8.52. The summed E-state index contributed by atoms with van der Waals surface area (Å²) in [5.41, 5.74) is 4.29. The van der Waals surface area contributed by atoms with Crippen LogP contribution in [0.5, 0.6) is 17.2 Å². The number of methoxy groups -OCH3 is 3. The van der Waals surface area contributed by atoms with Gasteiger partial charge in [0.05, 0.1) is 31.8 Å². The predicted molar refractivity (Wildman–Crippen MR) is 94.1 cm³/mol. The van der Waals surface area contributed by atoms with Gasteiger partial charge in [-0.3, -0.25) is 30.6 Å². The third-order valence-corrected chi connectivity index (χ3v) is 3.56. The number of amides is 2. The Hall–Kier alpha value is -3.82. The summed E-state index contributed by atoms with van der Waals surface area (Å²) in [6.45, 7) is 0. The molecule has 2 amide bonds. The molecule has 142 valence electrons. The zero-order chi connectivity index (χ0) is 20.0. The summed E-state index contributed by atoms with van der Waals surface area (Å²) in [5, 5.41) is 10.8. The number of ether oxygens (including phenoxy) is 3. The lowest BCUT2D eigenvalue weighted by Crippen LogP contribution is -2.41. The molecule has 0 saturated carbocycles. The SMILES string of the molecule is COc1ccc(C(=O)NNC(=O)c2cccc([N+](=O)[O-])c2)c(OC)c1OC. The van der Waals surface area contributed by atoms with Gasteiger partial charge in [0.15, 0.2) is 11.5 Å². The molecule has 0 unspecified atom stereocenters. The first-order valence-corrected chi connectivity index (χ1v) is 7.57. The summed E-state index contributed by atoms with van der Waals surface area (Å²) in [5.74, 6) is -0.679. The first-order chi connectivity index (χ1) is 12.9. The lowest BCUT2D eigenvalue weighted by atomic mass is 10.1. The second-order valence-electron chi connectivity index (χ2n) is 5.10. The standard InChI is InChI=1S/C17H17N3O7/c1-25-13-8-7-12(14(26-2)15(13)27-3)17(22)19-18-16(21)10-5-4-6-11(9-10)20(23)24/h4-9H,1-3H3,(H,18,21)(H,19,22). The molecular weight excluding hydrogens is 358 g/mol. The highest BCUT2D eigenvalue weighted by molar-refractivity contribution is 6.01. The average Bonchev–Trinajstić information content (AvgIpc) is 2.70. The Morgan fingerprint density at radius 3 is 2.19 bits per heavy atom. The molecule has 0 heterocycles. The minimum Gasteiger partial charge on any atom is -0.493 e. The van der Waals surface area contributed by atoms with Gasteiger partial charge in [-0.2, -0.15) is 0 Å². The van der Waals surface area contributed by atoms with E-state index in [0.29, 0.717) is 5.75 Å². The van der Waals surface area contributed by atoms with Gasteiger partial charge in [0.25, 0.3) is 17.5 Å². The van der Waals surface area contributed by atoms with Gasteiger partial charge in [0.2, 0.25) is 5.75 Å². The normalized spacial score (nSPS) is 9.89. The van der Waals surface area contributed by atoms with Crippen molar-refractivity contribution in [3.8, 4) is 17.2 Å². The molecule has 2 N–H and O–H groups in total. The van der Waals surface area contributed by atoms with Gasteiger partial charge in [-0.25, -0.2) is 0 Å². The van der Waals surface area contributed by atoms with Gasteiger partial charge in [-0.15, -0.1) is 0 Å². The van der Waals surface area contributed by atoms with Crippen LogP contribution in [0.25, 0.3) is 0 Å². The predicted octanol–water partition coefficient (Wildman–Crippen LogP) is 1.70. The van der Waals surface area contributed by atoms with Gasteiger partial charge in [-0.05, 0) is 18.2 Å². The summed E-state index contributed by atoms with van der Waals surface area (Å²) in [6.07, 6.45) is 0. The third-order valence-electron chi connectivity index (χ3n) is 3.56. The molecule has 10 nitrogen and oxygen atoms in total. The zero-order valence-electron chi connectivity index (χ0n) is 14.8. The second-order valence-corrected chi connectivity index (χ2v) is 5.10. The molecule has 10 heteroatoms. The van der Waals surface area contributed by atoms with E-state index in [-0.39, 0.29) is 28.3 Å². The molecule has 0 bridgehead atoms. The topological polar surface area (TPSA) is 129 Å². The minimum absolute atomic E-state index is 0.0174. The maximum atomic E-state index is 12.4. The maximum absolute atomic E-state index is 12.4. The van der Waals surface area contributed by atoms with Crippen molar-refractivity contribution in [2.24, 2.45) is 0 Å². The first kappa shape index (κ1) is 19.5. The fourth-order valence-electron chi connectivity index (χ4n) is 2.29. The monoisotopic (exact) mass is 375 g/mol. The van der Waals surface area contributed by atoms with Crippen LogP contribution in [-0.2, 0) is 0 Å². The van der Waals surface area contributed by atoms with Crippen molar-refractivity contribution in [1.29, 1.82) is 0 Å². The number of rotatable bonds is 6. The Labute approximate surface area is 154 Å². The number of non-ortho nitro benzene ring substituents is 1. The van der Waals surface area contributed by atoms with Crippen LogP contribution in [0.4, 0.5) is 5.69 Å². The van der Waals surface area contributed by atoms with Crippen molar-refractivity contribution in [3.63, 3.8) is 0 Å². The van der Waals surface area contributed by atoms with E-state index in [1.807, 2.05) is 0 Å². The highest BCUT2D eigenvalue weighted by atomic mass is 16.6. The Bertz CT molecular complexity index is 883. The number of nitro groups is 1. The van der Waals surface area contributed by atoms with Crippen molar-refractivity contribution < 1.29 is 28.7 Å². The molecule has 0 atom stereocenters. The fourth-order valence-corrected chi connectivity index (χ4v) is 2.29. The smallest absolute Gasteiger partial charge is 0.273 e. The van der Waals surface area contributed by atoms with Crippen LogP contribution in [0, 0.1) is 10.1 Å². The number of benzene rings is 2. The Kier molecular flexibility index (Phi) is 6.15. The van der Waals surface area contributed by atoms with Crippen LogP contribution in [0.1, 0.15) is 20.7 Å². The van der Waals surface area contributed by atoms with Crippen LogP contribution in [0.3, 0.4) is 0 Å². The van der Waals surface area contributed by atoms with Gasteiger partial charge in [0, 0.05) is 17.7 Å². The molecule has 0 radical (unpaired) electrons. The molecule has 0 aromatic heterocycles. The summed E-state index contributed by atoms with van der Waals surface area (Å²) < 4.78 is 15.5. The molecule has 0 spiro atoms. The molecule has 2 rings (SSSR count). The number of carbonyl (C=O) groups excluding carboxylic acids is 2. The highest BCUT2D eigenvalue weighted by Gasteiger charge is 2.21. The van der Waals surface area contributed by atoms with E-state index < -0.39 is 16.7 Å². The molecule has 27 heavy (non-hydrogen) atoms. The summed E-state index contributed by atoms with van der Waals surface area (Å²) in [7, 11) is 4.19. The van der Waals surface area contributed by atoms with Crippen LogP contribution in [0.15, 0.2) is 36.4 Å². The van der Waals surface area contributed by atoms with E-state index in [2.05, 4.69) is 10.9 Å². The number of nitrogens with one attached hydrogen (secondary N) is 2. The summed E-state index contributed by atoms with van der Waals surface area (Å²) in [6, 6.07) is 8.05. The highest BCUT2D eigenvalue weighted by Crippen LogP contribution is 2.39. The molecule has 0 saturated heterocycles. The van der Waals surface area contributed by atoms with Crippen LogP contribution >= 0.6 is 0 Å². The van der Waals surface area contributed by atoms with Gasteiger partial charge < -0.3 is 14.2 Å². The van der Waals surface area contributed by atoms with Crippen LogP contribution < -0.4 is 25.1 Å². The van der Waals surface area contributed by atoms with Crippen LogP contribution in [0.2, 0.25) is 0 Å². The van der Waals surface area contributed by atoms with E-state index in [0.717, 1.165) is 6.07 Å². The fraction of sp³-hybridized carbons (Fsp3) is 0.176. The van der Waals surface area contributed by atoms with Crippen molar-refractivity contribution in [1.82, 2.24) is 10.9 Å².